The zero-order valence-electron chi connectivity index (χ0n) is 13.9. The highest BCUT2D eigenvalue weighted by atomic mass is 79.9. The van der Waals surface area contributed by atoms with E-state index in [0.29, 0.717) is 28.1 Å². The third kappa shape index (κ3) is 4.32. The number of benzene rings is 2. The first-order valence-electron chi connectivity index (χ1n) is 7.62. The van der Waals surface area contributed by atoms with E-state index in [4.69, 9.17) is 0 Å². The van der Waals surface area contributed by atoms with E-state index in [1.807, 2.05) is 13.0 Å². The normalized spacial score (nSPS) is 9.73. The Morgan fingerprint density at radius 3 is 2.58 bits per heavy atom. The van der Waals surface area contributed by atoms with Gasteiger partial charge in [0, 0.05) is 11.3 Å². The Bertz CT molecular complexity index is 998. The molecule has 3 aromatic rings. The van der Waals surface area contributed by atoms with Gasteiger partial charge in [0.05, 0.1) is 11.6 Å². The topological polar surface area (TPSA) is 65.8 Å². The van der Waals surface area contributed by atoms with Gasteiger partial charge < -0.3 is 5.32 Å². The molecule has 1 N–H and O–H groups in total. The first-order chi connectivity index (χ1) is 12.1. The van der Waals surface area contributed by atoms with Crippen LogP contribution in [0.25, 0.3) is 11.1 Å². The lowest BCUT2D eigenvalue weighted by atomic mass is 9.98. The molecule has 2 aromatic carbocycles. The number of halogens is 2. The summed E-state index contributed by atoms with van der Waals surface area (Å²) in [6, 6.07) is 18.1. The second-order valence-corrected chi connectivity index (χ2v) is 5.50. The minimum absolute atomic E-state index is 0. The van der Waals surface area contributed by atoms with E-state index in [2.05, 4.69) is 16.4 Å². The number of aryl methyl sites for hydroxylation is 1. The van der Waals surface area contributed by atoms with E-state index in [1.165, 1.54) is 18.2 Å². The Labute approximate surface area is 161 Å². The van der Waals surface area contributed by atoms with Gasteiger partial charge >= 0.3 is 0 Å². The van der Waals surface area contributed by atoms with E-state index in [0.717, 1.165) is 5.69 Å². The number of hydrogen-bond acceptors (Lipinski definition) is 3. The molecular formula is C20H15BrFN3O. The van der Waals surface area contributed by atoms with E-state index >= 15 is 0 Å². The molecule has 0 atom stereocenters. The number of rotatable bonds is 3. The summed E-state index contributed by atoms with van der Waals surface area (Å²) in [6.45, 7) is 1.83. The molecule has 6 heteroatoms. The molecule has 0 spiro atoms. The van der Waals surface area contributed by atoms with Gasteiger partial charge in [-0.05, 0) is 54.4 Å². The number of amides is 1. The molecule has 1 aromatic heterocycles. The van der Waals surface area contributed by atoms with Gasteiger partial charge in [0.1, 0.15) is 11.6 Å². The number of nitrogens with zero attached hydrogens (tertiary/aromatic N) is 2. The van der Waals surface area contributed by atoms with Gasteiger partial charge in [-0.1, -0.05) is 24.3 Å². The van der Waals surface area contributed by atoms with Gasteiger partial charge in [0.2, 0.25) is 0 Å². The molecule has 0 unspecified atom stereocenters. The number of anilines is 1. The average molecular weight is 412 g/mol. The summed E-state index contributed by atoms with van der Waals surface area (Å²) in [6.07, 6.45) is 0. The molecule has 4 nitrogen and oxygen atoms in total. The van der Waals surface area contributed by atoms with Crippen LogP contribution in [0.2, 0.25) is 0 Å². The molecule has 0 bridgehead atoms. The molecule has 0 radical (unpaired) electrons. The van der Waals surface area contributed by atoms with Crippen molar-refractivity contribution < 1.29 is 9.18 Å². The number of nitriles is 1. The number of nitrogens with one attached hydrogen (secondary N) is 1. The number of aromatic nitrogens is 1. The summed E-state index contributed by atoms with van der Waals surface area (Å²) < 4.78 is 13.4. The quantitative estimate of drug-likeness (QED) is 0.666. The van der Waals surface area contributed by atoms with E-state index in [-0.39, 0.29) is 28.7 Å². The Balaban J connectivity index is 0.00000243. The third-order valence-corrected chi connectivity index (χ3v) is 3.67. The maximum atomic E-state index is 13.4. The summed E-state index contributed by atoms with van der Waals surface area (Å²) in [5, 5.41) is 12.1. The van der Waals surface area contributed by atoms with Crippen molar-refractivity contribution in [3.8, 4) is 17.2 Å². The van der Waals surface area contributed by atoms with Crippen molar-refractivity contribution in [2.75, 3.05) is 5.32 Å². The molecule has 3 rings (SSSR count). The predicted octanol–water partition coefficient (Wildman–Crippen LogP) is 4.90. The Morgan fingerprint density at radius 2 is 1.88 bits per heavy atom. The van der Waals surface area contributed by atoms with Gasteiger partial charge in [-0.15, -0.1) is 17.0 Å². The molecule has 1 amide bonds. The van der Waals surface area contributed by atoms with Crippen LogP contribution in [0.15, 0.2) is 60.7 Å². The van der Waals surface area contributed by atoms with E-state index < -0.39 is 0 Å². The van der Waals surface area contributed by atoms with Crippen LogP contribution in [0.3, 0.4) is 0 Å². The minimum Gasteiger partial charge on any atom is -0.307 e. The molecule has 0 aliphatic carbocycles. The summed E-state index contributed by atoms with van der Waals surface area (Å²) >= 11 is 0. The lowest BCUT2D eigenvalue weighted by Crippen LogP contribution is -2.13. The van der Waals surface area contributed by atoms with Crippen molar-refractivity contribution in [3.63, 3.8) is 0 Å². The SMILES string of the molecule is Br.Cc1cccc(NC(=O)c2ccc(-c3cccc(F)c3)c(C#N)c2)n1. The van der Waals surface area contributed by atoms with Crippen molar-refractivity contribution in [1.29, 1.82) is 5.26 Å². The average Bonchev–Trinajstić information content (AvgIpc) is 2.61. The first-order valence-corrected chi connectivity index (χ1v) is 7.62. The molecule has 26 heavy (non-hydrogen) atoms. The number of carbonyl (C=O) groups excluding carboxylic acids is 1. The third-order valence-electron chi connectivity index (χ3n) is 3.67. The molecule has 0 saturated carbocycles. The highest BCUT2D eigenvalue weighted by Crippen LogP contribution is 2.25. The summed E-state index contributed by atoms with van der Waals surface area (Å²) in [4.78, 5) is 16.6. The van der Waals surface area contributed by atoms with Crippen molar-refractivity contribution >= 4 is 28.7 Å². The summed E-state index contributed by atoms with van der Waals surface area (Å²) in [5.41, 5.74) is 2.59. The number of pyridine rings is 1. The predicted molar refractivity (Wildman–Crippen MR) is 104 cm³/mol. The maximum absolute atomic E-state index is 13.4. The lowest BCUT2D eigenvalue weighted by Gasteiger charge is -2.08. The maximum Gasteiger partial charge on any atom is 0.256 e. The van der Waals surface area contributed by atoms with Crippen molar-refractivity contribution in [2.24, 2.45) is 0 Å². The molecular weight excluding hydrogens is 397 g/mol. The first kappa shape index (κ1) is 19.3. The van der Waals surface area contributed by atoms with Crippen LogP contribution < -0.4 is 5.32 Å². The van der Waals surface area contributed by atoms with Gasteiger partial charge in [-0.3, -0.25) is 4.79 Å². The second-order valence-electron chi connectivity index (χ2n) is 5.50. The van der Waals surface area contributed by atoms with Crippen LogP contribution >= 0.6 is 17.0 Å². The molecule has 130 valence electrons. The monoisotopic (exact) mass is 411 g/mol. The van der Waals surface area contributed by atoms with Crippen LogP contribution in [0.1, 0.15) is 21.6 Å². The van der Waals surface area contributed by atoms with Crippen LogP contribution in [-0.2, 0) is 0 Å². The Morgan fingerprint density at radius 1 is 1.12 bits per heavy atom. The van der Waals surface area contributed by atoms with Crippen molar-refractivity contribution in [2.45, 2.75) is 6.92 Å². The Kier molecular flexibility index (Phi) is 6.21. The highest BCUT2D eigenvalue weighted by Gasteiger charge is 2.12. The van der Waals surface area contributed by atoms with Crippen LogP contribution in [0.4, 0.5) is 10.2 Å². The molecule has 0 aliphatic heterocycles. The van der Waals surface area contributed by atoms with E-state index in [1.54, 1.807) is 36.4 Å². The highest BCUT2D eigenvalue weighted by molar-refractivity contribution is 8.93. The number of hydrogen-bond donors (Lipinski definition) is 1. The van der Waals surface area contributed by atoms with Crippen LogP contribution in [0, 0.1) is 24.1 Å². The van der Waals surface area contributed by atoms with E-state index in [9.17, 15) is 14.4 Å². The van der Waals surface area contributed by atoms with Crippen LogP contribution in [0.5, 0.6) is 0 Å². The van der Waals surface area contributed by atoms with Crippen molar-refractivity contribution in [3.05, 3.63) is 83.3 Å². The van der Waals surface area contributed by atoms with Gasteiger partial charge in [-0.25, -0.2) is 9.37 Å². The fourth-order valence-electron chi connectivity index (χ4n) is 2.49. The lowest BCUT2D eigenvalue weighted by molar-refractivity contribution is 0.102. The van der Waals surface area contributed by atoms with Gasteiger partial charge in [0.25, 0.3) is 5.91 Å². The fourth-order valence-corrected chi connectivity index (χ4v) is 2.49. The van der Waals surface area contributed by atoms with Gasteiger partial charge in [-0.2, -0.15) is 5.26 Å². The largest absolute Gasteiger partial charge is 0.307 e. The van der Waals surface area contributed by atoms with Gasteiger partial charge in [0.15, 0.2) is 0 Å². The number of carbonyl (C=O) groups is 1. The smallest absolute Gasteiger partial charge is 0.256 e. The zero-order chi connectivity index (χ0) is 17.8. The molecule has 0 aliphatic rings. The summed E-state index contributed by atoms with van der Waals surface area (Å²) in [5.74, 6) is -0.299. The zero-order valence-corrected chi connectivity index (χ0v) is 15.6. The van der Waals surface area contributed by atoms with Crippen molar-refractivity contribution in [1.82, 2.24) is 4.98 Å². The second kappa shape index (κ2) is 8.37. The van der Waals surface area contributed by atoms with Crippen LogP contribution in [-0.4, -0.2) is 10.9 Å². The standard InChI is InChI=1S/C20H14FN3O.BrH/c1-13-4-2-7-19(23-13)24-20(25)15-8-9-18(16(10-15)12-22)14-5-3-6-17(21)11-14;/h2-11H,1H3,(H,23,24,25);1H. The molecule has 1 heterocycles. The Hall–Kier alpha value is -3.04. The molecule has 0 fully saturated rings. The summed E-state index contributed by atoms with van der Waals surface area (Å²) in [7, 11) is 0. The fraction of sp³-hybridized carbons (Fsp3) is 0.0500. The minimum atomic E-state index is -0.381. The molecule has 0 saturated heterocycles.